The van der Waals surface area contributed by atoms with Crippen LogP contribution in [0.4, 0.5) is 11.6 Å². The van der Waals surface area contributed by atoms with Crippen LogP contribution in [0.3, 0.4) is 0 Å². The van der Waals surface area contributed by atoms with E-state index in [9.17, 15) is 10.1 Å². The largest absolute Gasteiger partial charge is 0.476 e. The number of likely N-dealkylation sites (tertiary alicyclic amines) is 1. The molecule has 4 atom stereocenters. The minimum atomic E-state index is -0.468. The third-order valence-corrected chi connectivity index (χ3v) is 9.34. The molecule has 1 aliphatic carbocycles. The number of ether oxygens (including phenoxy) is 1. The Kier molecular flexibility index (Phi) is 9.22. The number of nitriles is 1. The number of pyridine rings is 1. The van der Waals surface area contributed by atoms with E-state index in [0.29, 0.717) is 48.6 Å². The fraction of sp³-hybridized carbons (Fsp3) is 0.500. The third kappa shape index (κ3) is 6.40. The fourth-order valence-corrected chi connectivity index (χ4v) is 7.25. The predicted molar refractivity (Wildman–Crippen MR) is 161 cm³/mol. The number of allylic oxidation sites excluding steroid dienone is 2. The number of nitrogens with two attached hydrogens (primary N) is 2. The predicted octanol–water partition coefficient (Wildman–Crippen LogP) is 4.35. The second-order valence-corrected chi connectivity index (χ2v) is 12.1. The van der Waals surface area contributed by atoms with Crippen LogP contribution in [0.1, 0.15) is 57.7 Å². The van der Waals surface area contributed by atoms with E-state index in [4.69, 9.17) is 16.2 Å². The molecule has 2 unspecified atom stereocenters. The second kappa shape index (κ2) is 13.0. The molecule has 11 heteroatoms. The van der Waals surface area contributed by atoms with Gasteiger partial charge in [-0.25, -0.2) is 9.97 Å². The van der Waals surface area contributed by atoms with Crippen molar-refractivity contribution in [1.29, 1.82) is 5.26 Å². The molecular weight excluding hydrogens is 536 g/mol. The molecule has 4 heterocycles. The lowest BCUT2D eigenvalue weighted by atomic mass is 9.76. The number of ketones is 1. The summed E-state index contributed by atoms with van der Waals surface area (Å²) < 4.78 is 6.17. The number of carbonyl (C=O) groups is 1. The van der Waals surface area contributed by atoms with Gasteiger partial charge in [0.05, 0.1) is 23.1 Å². The number of hydrogen-bond acceptors (Lipinski definition) is 11. The first-order chi connectivity index (χ1) is 19.9. The van der Waals surface area contributed by atoms with Gasteiger partial charge in [0.1, 0.15) is 18.2 Å². The van der Waals surface area contributed by atoms with Crippen LogP contribution in [0.15, 0.2) is 46.5 Å². The maximum absolute atomic E-state index is 14.2. The van der Waals surface area contributed by atoms with Crippen molar-refractivity contribution >= 4 is 34.9 Å². The zero-order valence-electron chi connectivity index (χ0n) is 23.7. The normalized spacial score (nSPS) is 24.9. The highest BCUT2D eigenvalue weighted by atomic mass is 32.2. The molecule has 2 aromatic heterocycles. The van der Waals surface area contributed by atoms with Crippen molar-refractivity contribution in [1.82, 2.24) is 19.9 Å². The van der Waals surface area contributed by atoms with Gasteiger partial charge in [-0.3, -0.25) is 4.79 Å². The molecule has 5 N–H and O–H groups in total. The molecule has 0 amide bonds. The number of nitrogens with one attached hydrogen (secondary N) is 1. The molecule has 216 valence electrons. The van der Waals surface area contributed by atoms with Gasteiger partial charge in [0.15, 0.2) is 11.6 Å². The summed E-state index contributed by atoms with van der Waals surface area (Å²) in [5, 5.41) is 12.7. The van der Waals surface area contributed by atoms with Gasteiger partial charge in [-0.05, 0) is 74.7 Å². The van der Waals surface area contributed by atoms with Crippen molar-refractivity contribution in [2.24, 2.45) is 23.3 Å². The van der Waals surface area contributed by atoms with Crippen LogP contribution in [-0.2, 0) is 4.79 Å². The molecule has 0 spiro atoms. The molecule has 1 fully saturated rings. The number of thioether (sulfide) groups is 1. The average Bonchev–Trinajstić information content (AvgIpc) is 3.55. The van der Waals surface area contributed by atoms with Crippen molar-refractivity contribution in [2.45, 2.75) is 63.3 Å². The SMILES string of the molecule is CCC/C(C(=O)[C@H]1CCCC2=C1C(C#N)C(N)S2)=C(/N)c1nc(Nc2ccccn2)cc(OC[C@@H]2CCCN2C)n1. The smallest absolute Gasteiger partial charge is 0.219 e. The molecule has 1 saturated heterocycles. The van der Waals surface area contributed by atoms with Gasteiger partial charge in [0, 0.05) is 29.8 Å². The van der Waals surface area contributed by atoms with Gasteiger partial charge in [0.25, 0.3) is 0 Å². The summed E-state index contributed by atoms with van der Waals surface area (Å²) in [5.41, 5.74) is 14.6. The van der Waals surface area contributed by atoms with Crippen molar-refractivity contribution in [3.8, 4) is 11.9 Å². The number of nitrogens with zero attached hydrogens (tertiary/aromatic N) is 5. The Balaban J connectivity index is 1.50. The first kappa shape index (κ1) is 29.0. The summed E-state index contributed by atoms with van der Waals surface area (Å²) in [4.78, 5) is 31.2. The van der Waals surface area contributed by atoms with Crippen molar-refractivity contribution < 1.29 is 9.53 Å². The minimum Gasteiger partial charge on any atom is -0.476 e. The van der Waals surface area contributed by atoms with Crippen LogP contribution >= 0.6 is 11.8 Å². The van der Waals surface area contributed by atoms with Gasteiger partial charge in [-0.15, -0.1) is 11.8 Å². The molecule has 3 aliphatic rings. The Labute approximate surface area is 245 Å². The van der Waals surface area contributed by atoms with Crippen LogP contribution in [0.5, 0.6) is 5.88 Å². The number of hydrogen-bond donors (Lipinski definition) is 3. The molecule has 10 nitrogen and oxygen atoms in total. The zero-order valence-corrected chi connectivity index (χ0v) is 24.5. The van der Waals surface area contributed by atoms with Crippen LogP contribution in [0, 0.1) is 23.2 Å². The molecule has 5 rings (SSSR count). The third-order valence-electron chi connectivity index (χ3n) is 8.07. The van der Waals surface area contributed by atoms with Crippen LogP contribution in [0.25, 0.3) is 5.70 Å². The lowest BCUT2D eigenvalue weighted by Gasteiger charge is -2.26. The fourth-order valence-electron chi connectivity index (χ4n) is 5.91. The molecular formula is C30H38N8O2S. The highest BCUT2D eigenvalue weighted by Gasteiger charge is 2.42. The summed E-state index contributed by atoms with van der Waals surface area (Å²) in [6.07, 6.45) is 7.51. The zero-order chi connectivity index (χ0) is 28.9. The lowest BCUT2D eigenvalue weighted by molar-refractivity contribution is -0.118. The number of Topliss-reactive ketones (excluding diaryl/α,β-unsaturated/α-hetero) is 1. The highest BCUT2D eigenvalue weighted by molar-refractivity contribution is 8.03. The summed E-state index contributed by atoms with van der Waals surface area (Å²) >= 11 is 1.53. The summed E-state index contributed by atoms with van der Waals surface area (Å²) in [5.74, 6) is 0.762. The number of aromatic nitrogens is 3. The standard InChI is InChI=1S/C30H38N8O2S/c1-3-8-20(28(39)19-10-6-11-22-26(19)21(16-31)29(33)41-22)27(32)30-36-24(35-23-12-4-5-13-34-23)15-25(37-30)40-17-18-9-7-14-38(18)2/h4-5,12-13,15,18-19,21,29H,3,6-11,14,17,32-33H2,1-2H3,(H,34,35,36,37)/b27-20-/t18-,19-,21?,29?/m0/s1. The molecule has 0 bridgehead atoms. The van der Waals surface area contributed by atoms with Crippen LogP contribution in [-0.4, -0.2) is 57.3 Å². The number of rotatable bonds is 10. The lowest BCUT2D eigenvalue weighted by Crippen LogP contribution is -2.31. The van der Waals surface area contributed by atoms with E-state index in [1.807, 2.05) is 25.1 Å². The highest BCUT2D eigenvalue weighted by Crippen LogP contribution is 2.50. The Hall–Kier alpha value is -3.46. The van der Waals surface area contributed by atoms with Crippen molar-refractivity contribution in [3.63, 3.8) is 0 Å². The van der Waals surface area contributed by atoms with Crippen LogP contribution in [0.2, 0.25) is 0 Å². The molecule has 0 saturated carbocycles. The maximum Gasteiger partial charge on any atom is 0.219 e. The first-order valence-corrected chi connectivity index (χ1v) is 15.3. The Morgan fingerprint density at radius 1 is 1.27 bits per heavy atom. The summed E-state index contributed by atoms with van der Waals surface area (Å²) in [7, 11) is 2.10. The Bertz CT molecular complexity index is 1370. The van der Waals surface area contributed by atoms with Gasteiger partial charge in [0.2, 0.25) is 5.88 Å². The second-order valence-electron chi connectivity index (χ2n) is 10.9. The summed E-state index contributed by atoms with van der Waals surface area (Å²) in [6.45, 7) is 3.55. The Morgan fingerprint density at radius 2 is 2.12 bits per heavy atom. The van der Waals surface area contributed by atoms with E-state index >= 15 is 0 Å². The van der Waals surface area contributed by atoms with Gasteiger partial charge >= 0.3 is 0 Å². The topological polar surface area (TPSA) is 156 Å². The Morgan fingerprint density at radius 3 is 2.83 bits per heavy atom. The average molecular weight is 575 g/mol. The van der Waals surface area contributed by atoms with Gasteiger partial charge < -0.3 is 26.4 Å². The number of anilines is 2. The maximum atomic E-state index is 14.2. The summed E-state index contributed by atoms with van der Waals surface area (Å²) in [6, 6.07) is 9.94. The molecule has 2 aliphatic heterocycles. The van der Waals surface area contributed by atoms with Crippen molar-refractivity contribution in [2.75, 3.05) is 25.5 Å². The van der Waals surface area contributed by atoms with E-state index < -0.39 is 11.8 Å². The van der Waals surface area contributed by atoms with Gasteiger partial charge in [-0.2, -0.15) is 10.2 Å². The quantitative estimate of drug-likeness (QED) is 0.347. The van der Waals surface area contributed by atoms with E-state index in [-0.39, 0.29) is 22.7 Å². The number of likely N-dealkylation sites (N-methyl/N-ethyl adjacent to an activating group) is 1. The van der Waals surface area contributed by atoms with E-state index in [2.05, 4.69) is 38.3 Å². The number of carbonyl (C=O) groups excluding carboxylic acids is 1. The van der Waals surface area contributed by atoms with E-state index in [0.717, 1.165) is 49.1 Å². The monoisotopic (exact) mass is 574 g/mol. The minimum absolute atomic E-state index is 0.0618. The molecule has 0 radical (unpaired) electrons. The molecule has 2 aromatic rings. The molecule has 0 aromatic carbocycles. The van der Waals surface area contributed by atoms with Crippen molar-refractivity contribution in [3.05, 3.63) is 52.3 Å². The first-order valence-electron chi connectivity index (χ1n) is 14.4. The van der Waals surface area contributed by atoms with E-state index in [1.165, 1.54) is 11.8 Å². The molecule has 41 heavy (non-hydrogen) atoms. The van der Waals surface area contributed by atoms with E-state index in [1.54, 1.807) is 12.3 Å². The van der Waals surface area contributed by atoms with Gasteiger partial charge in [-0.1, -0.05) is 19.4 Å². The van der Waals surface area contributed by atoms with Crippen LogP contribution < -0.4 is 21.5 Å².